The molecule has 170 valence electrons. The summed E-state index contributed by atoms with van der Waals surface area (Å²) >= 11 is 0. The maximum Gasteiger partial charge on any atom is 0.278 e. The molecule has 0 radical (unpaired) electrons. The second-order valence-electron chi connectivity index (χ2n) is 7.93. The van der Waals surface area contributed by atoms with E-state index in [9.17, 15) is 9.59 Å². The zero-order valence-corrected chi connectivity index (χ0v) is 19.3. The molecular formula is C26H32N2O4. The molecule has 2 amide bonds. The number of aryl methyl sites for hydroxylation is 1. The first-order valence-corrected chi connectivity index (χ1v) is 11.3. The van der Waals surface area contributed by atoms with Crippen LogP contribution in [0.5, 0.6) is 5.75 Å². The first-order valence-electron chi connectivity index (χ1n) is 11.3. The van der Waals surface area contributed by atoms with E-state index in [2.05, 4.69) is 12.2 Å². The summed E-state index contributed by atoms with van der Waals surface area (Å²) in [6.07, 6.45) is 1.58. The number of amides is 2. The SMILES string of the molecule is CCOCCCN1C(=O)C(Nc2ccc(CC)cc2)=C(c2ccc(OC(C)C)cc2)C1=O. The van der Waals surface area contributed by atoms with Gasteiger partial charge in [0, 0.05) is 25.4 Å². The number of benzene rings is 2. The van der Waals surface area contributed by atoms with Crippen molar-refractivity contribution < 1.29 is 19.1 Å². The van der Waals surface area contributed by atoms with Crippen LogP contribution >= 0.6 is 0 Å². The summed E-state index contributed by atoms with van der Waals surface area (Å²) in [6.45, 7) is 9.36. The standard InChI is InChI=1S/C26H32N2O4/c1-5-19-8-12-21(13-9-19)27-24-23(20-10-14-22(15-11-20)32-18(3)4)25(29)28(26(24)30)16-7-17-31-6-2/h8-15,18,27H,5-7,16-17H2,1-4H3. The highest BCUT2D eigenvalue weighted by atomic mass is 16.5. The van der Waals surface area contributed by atoms with Gasteiger partial charge in [-0.3, -0.25) is 14.5 Å². The number of nitrogens with one attached hydrogen (secondary N) is 1. The zero-order chi connectivity index (χ0) is 23.1. The minimum Gasteiger partial charge on any atom is -0.491 e. The van der Waals surface area contributed by atoms with Crippen LogP contribution in [0.4, 0.5) is 5.69 Å². The quantitative estimate of drug-likeness (QED) is 0.410. The molecule has 1 heterocycles. The van der Waals surface area contributed by atoms with Gasteiger partial charge in [-0.25, -0.2) is 0 Å². The van der Waals surface area contributed by atoms with Crippen LogP contribution in [0.25, 0.3) is 5.57 Å². The molecule has 2 aromatic rings. The van der Waals surface area contributed by atoms with Crippen LogP contribution < -0.4 is 10.1 Å². The lowest BCUT2D eigenvalue weighted by molar-refractivity contribution is -0.137. The lowest BCUT2D eigenvalue weighted by atomic mass is 10.0. The molecule has 0 spiro atoms. The molecule has 0 unspecified atom stereocenters. The van der Waals surface area contributed by atoms with Gasteiger partial charge in [0.1, 0.15) is 11.4 Å². The normalized spacial score (nSPS) is 14.0. The molecular weight excluding hydrogens is 404 g/mol. The first kappa shape index (κ1) is 23.5. The third-order valence-electron chi connectivity index (χ3n) is 5.19. The highest BCUT2D eigenvalue weighted by molar-refractivity contribution is 6.36. The minimum atomic E-state index is -0.316. The smallest absolute Gasteiger partial charge is 0.278 e. The lowest BCUT2D eigenvalue weighted by Gasteiger charge is -2.15. The fourth-order valence-corrected chi connectivity index (χ4v) is 3.57. The molecule has 0 aliphatic carbocycles. The van der Waals surface area contributed by atoms with E-state index in [0.717, 1.165) is 17.9 Å². The zero-order valence-electron chi connectivity index (χ0n) is 19.3. The van der Waals surface area contributed by atoms with Crippen LogP contribution in [0, 0.1) is 0 Å². The van der Waals surface area contributed by atoms with Gasteiger partial charge in [-0.15, -0.1) is 0 Å². The number of nitrogens with zero attached hydrogens (tertiary/aromatic N) is 1. The molecule has 0 saturated heterocycles. The molecule has 0 saturated carbocycles. The van der Waals surface area contributed by atoms with Gasteiger partial charge in [0.25, 0.3) is 11.8 Å². The number of hydrogen-bond acceptors (Lipinski definition) is 5. The third-order valence-corrected chi connectivity index (χ3v) is 5.19. The van der Waals surface area contributed by atoms with Crippen LogP contribution in [0.2, 0.25) is 0 Å². The highest BCUT2D eigenvalue weighted by Crippen LogP contribution is 2.31. The van der Waals surface area contributed by atoms with Crippen molar-refractivity contribution in [2.45, 2.75) is 46.6 Å². The van der Waals surface area contributed by atoms with Gasteiger partial charge in [0.05, 0.1) is 11.7 Å². The summed E-state index contributed by atoms with van der Waals surface area (Å²) in [7, 11) is 0. The largest absolute Gasteiger partial charge is 0.491 e. The number of rotatable bonds is 11. The molecule has 3 rings (SSSR count). The number of imide groups is 1. The Balaban J connectivity index is 1.91. The van der Waals surface area contributed by atoms with E-state index < -0.39 is 0 Å². The Bertz CT molecular complexity index is 962. The molecule has 1 N–H and O–H groups in total. The van der Waals surface area contributed by atoms with Crippen LogP contribution in [-0.4, -0.2) is 42.6 Å². The van der Waals surface area contributed by atoms with Crippen LogP contribution in [-0.2, 0) is 20.7 Å². The Morgan fingerprint density at radius 3 is 2.22 bits per heavy atom. The summed E-state index contributed by atoms with van der Waals surface area (Å²) in [5, 5.41) is 3.20. The van der Waals surface area contributed by atoms with E-state index in [1.54, 1.807) is 0 Å². The van der Waals surface area contributed by atoms with E-state index in [1.165, 1.54) is 10.5 Å². The van der Waals surface area contributed by atoms with Crippen molar-refractivity contribution in [1.82, 2.24) is 4.90 Å². The Kier molecular flexibility index (Phi) is 8.06. The molecule has 0 aromatic heterocycles. The maximum atomic E-state index is 13.3. The van der Waals surface area contributed by atoms with Crippen molar-refractivity contribution in [3.63, 3.8) is 0 Å². The monoisotopic (exact) mass is 436 g/mol. The lowest BCUT2D eigenvalue weighted by Crippen LogP contribution is -2.34. The molecule has 32 heavy (non-hydrogen) atoms. The van der Waals surface area contributed by atoms with Gasteiger partial charge >= 0.3 is 0 Å². The number of carbonyl (C=O) groups is 2. The van der Waals surface area contributed by atoms with Gasteiger partial charge in [0.15, 0.2) is 0 Å². The third kappa shape index (κ3) is 5.56. The van der Waals surface area contributed by atoms with Crippen LogP contribution in [0.15, 0.2) is 54.2 Å². The second kappa shape index (κ2) is 11.0. The van der Waals surface area contributed by atoms with Gasteiger partial charge < -0.3 is 14.8 Å². The summed E-state index contributed by atoms with van der Waals surface area (Å²) in [4.78, 5) is 27.8. The van der Waals surface area contributed by atoms with Crippen molar-refractivity contribution >= 4 is 23.1 Å². The summed E-state index contributed by atoms with van der Waals surface area (Å²) < 4.78 is 11.1. The van der Waals surface area contributed by atoms with Gasteiger partial charge in [-0.05, 0) is 69.0 Å². The van der Waals surface area contributed by atoms with Crippen molar-refractivity contribution in [2.75, 3.05) is 25.1 Å². The Labute approximate surface area is 190 Å². The fraction of sp³-hybridized carbons (Fsp3) is 0.385. The van der Waals surface area contributed by atoms with Crippen molar-refractivity contribution in [2.24, 2.45) is 0 Å². The van der Waals surface area contributed by atoms with Gasteiger partial charge in [-0.2, -0.15) is 0 Å². The topological polar surface area (TPSA) is 67.9 Å². The van der Waals surface area contributed by atoms with Crippen molar-refractivity contribution in [1.29, 1.82) is 0 Å². The molecule has 6 heteroatoms. The highest BCUT2D eigenvalue weighted by Gasteiger charge is 2.38. The Morgan fingerprint density at radius 1 is 0.938 bits per heavy atom. The summed E-state index contributed by atoms with van der Waals surface area (Å²) in [5.41, 5.74) is 3.33. The van der Waals surface area contributed by atoms with Gasteiger partial charge in [0.2, 0.25) is 0 Å². The summed E-state index contributed by atoms with van der Waals surface area (Å²) in [5.74, 6) is 0.111. The van der Waals surface area contributed by atoms with E-state index >= 15 is 0 Å². The Morgan fingerprint density at radius 2 is 1.62 bits per heavy atom. The number of hydrogen-bond donors (Lipinski definition) is 1. The van der Waals surface area contributed by atoms with Crippen molar-refractivity contribution in [3.8, 4) is 5.75 Å². The molecule has 6 nitrogen and oxygen atoms in total. The molecule has 2 aromatic carbocycles. The Hall–Kier alpha value is -3.12. The first-order chi connectivity index (χ1) is 15.4. The molecule has 1 aliphatic heterocycles. The predicted octanol–water partition coefficient (Wildman–Crippen LogP) is 4.65. The molecule has 0 fully saturated rings. The van der Waals surface area contributed by atoms with E-state index in [-0.39, 0.29) is 17.9 Å². The van der Waals surface area contributed by atoms with Crippen LogP contribution in [0.1, 0.15) is 45.2 Å². The van der Waals surface area contributed by atoms with E-state index in [1.807, 2.05) is 69.3 Å². The van der Waals surface area contributed by atoms with Gasteiger partial charge in [-0.1, -0.05) is 31.2 Å². The average Bonchev–Trinajstić information content (AvgIpc) is 3.01. The van der Waals surface area contributed by atoms with Crippen molar-refractivity contribution in [3.05, 3.63) is 65.4 Å². The molecule has 1 aliphatic rings. The molecule has 0 bridgehead atoms. The number of anilines is 1. The van der Waals surface area contributed by atoms with E-state index in [4.69, 9.17) is 9.47 Å². The van der Waals surface area contributed by atoms with Crippen LogP contribution in [0.3, 0.4) is 0 Å². The predicted molar refractivity (Wildman–Crippen MR) is 126 cm³/mol. The fourth-order valence-electron chi connectivity index (χ4n) is 3.57. The number of carbonyl (C=O) groups excluding carboxylic acids is 2. The summed E-state index contributed by atoms with van der Waals surface area (Å²) in [6, 6.07) is 15.2. The average molecular weight is 437 g/mol. The van der Waals surface area contributed by atoms with E-state index in [0.29, 0.717) is 43.0 Å². The molecule has 0 atom stereocenters. The maximum absolute atomic E-state index is 13.3. The number of ether oxygens (including phenoxy) is 2. The minimum absolute atomic E-state index is 0.0545. The second-order valence-corrected chi connectivity index (χ2v) is 7.93.